The van der Waals surface area contributed by atoms with Crippen LogP contribution in [0.5, 0.6) is 0 Å². The maximum Gasteiger partial charge on any atom is 0.307 e. The molecule has 0 spiro atoms. The molecule has 0 radical (unpaired) electrons. The number of fused-ring (bicyclic) bond motifs is 2. The quantitative estimate of drug-likeness (QED) is 0.438. The molecule has 0 aromatic carbocycles. The van der Waals surface area contributed by atoms with Gasteiger partial charge in [0.15, 0.2) is 5.69 Å². The van der Waals surface area contributed by atoms with E-state index in [-0.39, 0.29) is 23.4 Å². The molecule has 3 rings (SSSR count). The van der Waals surface area contributed by atoms with Gasteiger partial charge in [-0.3, -0.25) is 19.1 Å². The van der Waals surface area contributed by atoms with Crippen LogP contribution in [0.25, 0.3) is 0 Å². The number of aryl methyl sites for hydroxylation is 1. The van der Waals surface area contributed by atoms with Gasteiger partial charge >= 0.3 is 5.97 Å². The minimum atomic E-state index is -0.942. The monoisotopic (exact) mass is 418 g/mol. The second kappa shape index (κ2) is 8.99. The fraction of sp³-hybridized carbons (Fsp3) is 0.619. The number of aromatic nitrogens is 2. The topological polar surface area (TPSA) is 123 Å². The number of methoxy groups -OCH3 is 1. The van der Waals surface area contributed by atoms with E-state index in [1.807, 2.05) is 20.8 Å². The zero-order valence-corrected chi connectivity index (χ0v) is 17.9. The van der Waals surface area contributed by atoms with Crippen molar-refractivity contribution in [1.82, 2.24) is 15.1 Å². The Labute approximate surface area is 175 Å². The summed E-state index contributed by atoms with van der Waals surface area (Å²) in [6.07, 6.45) is 3.21. The van der Waals surface area contributed by atoms with Gasteiger partial charge in [-0.2, -0.15) is 5.10 Å². The van der Waals surface area contributed by atoms with Gasteiger partial charge in [-0.25, -0.2) is 0 Å². The number of anilines is 1. The van der Waals surface area contributed by atoms with Crippen LogP contribution in [-0.4, -0.2) is 52.9 Å². The fourth-order valence-electron chi connectivity index (χ4n) is 5.01. The molecule has 1 heterocycles. The van der Waals surface area contributed by atoms with Gasteiger partial charge in [0.25, 0.3) is 5.91 Å². The summed E-state index contributed by atoms with van der Waals surface area (Å²) in [4.78, 5) is 37.8. The molecule has 2 bridgehead atoms. The third kappa shape index (κ3) is 3.98. The third-order valence-electron chi connectivity index (χ3n) is 6.16. The summed E-state index contributed by atoms with van der Waals surface area (Å²) in [6.45, 7) is 7.05. The maximum atomic E-state index is 13.2. The highest BCUT2D eigenvalue weighted by Crippen LogP contribution is 2.57. The summed E-state index contributed by atoms with van der Waals surface area (Å²) in [7, 11) is 1.54. The Kier molecular flexibility index (Phi) is 6.60. The van der Waals surface area contributed by atoms with Crippen molar-refractivity contribution < 1.29 is 24.2 Å². The van der Waals surface area contributed by atoms with E-state index in [0.717, 1.165) is 24.0 Å². The number of rotatable bonds is 8. The van der Waals surface area contributed by atoms with E-state index in [4.69, 9.17) is 4.74 Å². The first-order chi connectivity index (χ1) is 14.3. The first-order valence-corrected chi connectivity index (χ1v) is 10.4. The lowest BCUT2D eigenvalue weighted by Crippen LogP contribution is -2.38. The van der Waals surface area contributed by atoms with Gasteiger partial charge in [0.05, 0.1) is 24.1 Å². The standard InChI is InChI=1S/C21H30N4O5/c1-5-25-10-14(18(24-25)20(27)22-8-9-30-4)23-19(26)16-12-6-7-13(15(12)11(2)3)17(16)21(28)29/h10,12-13,16-17H,5-9H2,1-4H3,(H,22,27)(H,23,26)(H,28,29)/t12-,13-,16+,17+/m1/s1. The predicted octanol–water partition coefficient (Wildman–Crippen LogP) is 1.91. The highest BCUT2D eigenvalue weighted by Gasteiger charge is 2.57. The molecule has 30 heavy (non-hydrogen) atoms. The molecular weight excluding hydrogens is 388 g/mol. The maximum absolute atomic E-state index is 13.2. The highest BCUT2D eigenvalue weighted by atomic mass is 16.5. The SMILES string of the molecule is CCn1cc(NC(=O)[C@@H]2[C@@H](C(=O)O)[C@@H]3CC[C@@H]2C3=C(C)C)c(C(=O)NCCOC)n1. The van der Waals surface area contributed by atoms with E-state index >= 15 is 0 Å². The molecule has 2 amide bonds. The molecule has 9 nitrogen and oxygen atoms in total. The van der Waals surface area contributed by atoms with Crippen LogP contribution in [-0.2, 0) is 20.9 Å². The van der Waals surface area contributed by atoms with Gasteiger partial charge < -0.3 is 20.5 Å². The van der Waals surface area contributed by atoms with Crippen molar-refractivity contribution in [3.8, 4) is 0 Å². The van der Waals surface area contributed by atoms with Crippen molar-refractivity contribution in [1.29, 1.82) is 0 Å². The Morgan fingerprint density at radius 2 is 1.90 bits per heavy atom. The number of allylic oxidation sites excluding steroid dienone is 2. The van der Waals surface area contributed by atoms with Crippen molar-refractivity contribution in [2.24, 2.45) is 23.7 Å². The van der Waals surface area contributed by atoms with Crippen molar-refractivity contribution in [3.05, 3.63) is 23.0 Å². The van der Waals surface area contributed by atoms with Crippen molar-refractivity contribution >= 4 is 23.5 Å². The molecule has 2 saturated carbocycles. The first-order valence-electron chi connectivity index (χ1n) is 10.4. The molecule has 2 fully saturated rings. The lowest BCUT2D eigenvalue weighted by molar-refractivity contribution is -0.148. The number of carbonyl (C=O) groups is 3. The van der Waals surface area contributed by atoms with Crippen LogP contribution in [0.15, 0.2) is 17.3 Å². The highest BCUT2D eigenvalue weighted by molar-refractivity contribution is 6.03. The Balaban J connectivity index is 1.85. The van der Waals surface area contributed by atoms with E-state index < -0.39 is 23.7 Å². The Hall–Kier alpha value is -2.68. The molecule has 2 aliphatic rings. The van der Waals surface area contributed by atoms with E-state index in [9.17, 15) is 19.5 Å². The average Bonchev–Trinajstić information content (AvgIpc) is 3.38. The normalized spacial score (nSPS) is 24.7. The molecule has 1 aromatic heterocycles. The number of carboxylic acid groups (broad SMARTS) is 1. The molecule has 9 heteroatoms. The van der Waals surface area contributed by atoms with Gasteiger partial charge in [-0.1, -0.05) is 11.1 Å². The minimum Gasteiger partial charge on any atom is -0.481 e. The van der Waals surface area contributed by atoms with Crippen LogP contribution < -0.4 is 10.6 Å². The summed E-state index contributed by atoms with van der Waals surface area (Å²) in [5, 5.41) is 19.6. The molecule has 0 saturated heterocycles. The van der Waals surface area contributed by atoms with Crippen molar-refractivity contribution in [3.63, 3.8) is 0 Å². The number of hydrogen-bond acceptors (Lipinski definition) is 5. The Morgan fingerprint density at radius 1 is 1.23 bits per heavy atom. The second-order valence-electron chi connectivity index (χ2n) is 8.12. The fourth-order valence-corrected chi connectivity index (χ4v) is 5.01. The Bertz CT molecular complexity index is 871. The molecule has 0 unspecified atom stereocenters. The molecule has 164 valence electrons. The first kappa shape index (κ1) is 22.0. The molecule has 4 atom stereocenters. The number of aliphatic carboxylic acids is 1. The van der Waals surface area contributed by atoms with E-state index in [1.165, 1.54) is 0 Å². The predicted molar refractivity (Wildman–Crippen MR) is 110 cm³/mol. The number of amides is 2. The van der Waals surface area contributed by atoms with Crippen LogP contribution in [0, 0.1) is 23.7 Å². The summed E-state index contributed by atoms with van der Waals surface area (Å²) < 4.78 is 6.51. The van der Waals surface area contributed by atoms with Crippen LogP contribution in [0.4, 0.5) is 5.69 Å². The summed E-state index contributed by atoms with van der Waals surface area (Å²) >= 11 is 0. The van der Waals surface area contributed by atoms with Crippen molar-refractivity contribution in [2.75, 3.05) is 25.6 Å². The van der Waals surface area contributed by atoms with Gasteiger partial charge in [0.1, 0.15) is 0 Å². The number of carboxylic acids is 1. The van der Waals surface area contributed by atoms with Gasteiger partial charge in [0, 0.05) is 26.4 Å². The minimum absolute atomic E-state index is 0.0682. The molecule has 1 aromatic rings. The van der Waals surface area contributed by atoms with Crippen LogP contribution >= 0.6 is 0 Å². The van der Waals surface area contributed by atoms with Crippen LogP contribution in [0.2, 0.25) is 0 Å². The average molecular weight is 418 g/mol. The second-order valence-corrected chi connectivity index (χ2v) is 8.12. The van der Waals surface area contributed by atoms with Gasteiger partial charge in [-0.05, 0) is 45.4 Å². The zero-order valence-electron chi connectivity index (χ0n) is 17.9. The molecule has 2 aliphatic carbocycles. The number of hydrogen-bond donors (Lipinski definition) is 3. The Morgan fingerprint density at radius 3 is 2.47 bits per heavy atom. The largest absolute Gasteiger partial charge is 0.481 e. The smallest absolute Gasteiger partial charge is 0.307 e. The lowest BCUT2D eigenvalue weighted by atomic mass is 9.78. The number of ether oxygens (including phenoxy) is 1. The molecule has 3 N–H and O–H groups in total. The van der Waals surface area contributed by atoms with E-state index in [0.29, 0.717) is 25.4 Å². The summed E-state index contributed by atoms with van der Waals surface area (Å²) in [6, 6.07) is 0. The number of nitrogens with zero attached hydrogens (tertiary/aromatic N) is 2. The van der Waals surface area contributed by atoms with E-state index in [2.05, 4.69) is 15.7 Å². The third-order valence-corrected chi connectivity index (χ3v) is 6.16. The summed E-state index contributed by atoms with van der Waals surface area (Å²) in [5.41, 5.74) is 2.62. The van der Waals surface area contributed by atoms with Crippen LogP contribution in [0.1, 0.15) is 44.1 Å². The van der Waals surface area contributed by atoms with Gasteiger partial charge in [0.2, 0.25) is 5.91 Å². The summed E-state index contributed by atoms with van der Waals surface area (Å²) in [5.74, 6) is -3.28. The van der Waals surface area contributed by atoms with E-state index in [1.54, 1.807) is 18.0 Å². The van der Waals surface area contributed by atoms with Crippen molar-refractivity contribution in [2.45, 2.75) is 40.2 Å². The zero-order chi connectivity index (χ0) is 22.0. The number of nitrogens with one attached hydrogen (secondary N) is 2. The molecule has 0 aliphatic heterocycles. The lowest BCUT2D eigenvalue weighted by Gasteiger charge is -2.26. The molecular formula is C21H30N4O5. The number of carbonyl (C=O) groups excluding carboxylic acids is 2. The van der Waals surface area contributed by atoms with Gasteiger partial charge in [-0.15, -0.1) is 0 Å². The van der Waals surface area contributed by atoms with Crippen LogP contribution in [0.3, 0.4) is 0 Å².